The number of fused-ring (bicyclic) bond motifs is 4. The molecule has 0 saturated heterocycles. The van der Waals surface area contributed by atoms with Gasteiger partial charge in [0.05, 0.1) is 24.4 Å². The molecule has 4 aromatic carbocycles. The summed E-state index contributed by atoms with van der Waals surface area (Å²) in [6, 6.07) is 24.6. The largest absolute Gasteiger partial charge is 0.508 e. The predicted octanol–water partition coefficient (Wildman–Crippen LogP) is 10.8. The molecule has 1 N–H and O–H groups in total. The highest BCUT2D eigenvalue weighted by Crippen LogP contribution is 2.47. The maximum atomic E-state index is 9.61. The number of phenolic OH excluding ortho intramolecular Hbond substituents is 1. The number of ether oxygens (including phenoxy) is 5. The van der Waals surface area contributed by atoms with Crippen molar-refractivity contribution in [2.45, 2.75) is 77.8 Å². The zero-order chi connectivity index (χ0) is 36.4. The first-order valence-corrected chi connectivity index (χ1v) is 19.0. The summed E-state index contributed by atoms with van der Waals surface area (Å²) in [4.78, 5) is 0. The van der Waals surface area contributed by atoms with Crippen LogP contribution in [0, 0.1) is 23.7 Å². The molecule has 0 aromatic heterocycles. The van der Waals surface area contributed by atoms with Crippen molar-refractivity contribution in [2.24, 2.45) is 23.7 Å². The lowest BCUT2D eigenvalue weighted by Crippen LogP contribution is -2.05. The van der Waals surface area contributed by atoms with E-state index in [0.29, 0.717) is 29.4 Å². The number of rotatable bonds is 6. The van der Waals surface area contributed by atoms with Crippen molar-refractivity contribution in [3.63, 3.8) is 0 Å². The molecule has 6 nitrogen and oxygen atoms in total. The molecule has 0 saturated carbocycles. The summed E-state index contributed by atoms with van der Waals surface area (Å²) in [6.07, 6.45) is 4.80. The van der Waals surface area contributed by atoms with E-state index >= 15 is 0 Å². The van der Waals surface area contributed by atoms with E-state index in [2.05, 4.69) is 98.2 Å². The van der Waals surface area contributed by atoms with Gasteiger partial charge in [-0.3, -0.25) is 0 Å². The molecule has 0 radical (unpaired) electrons. The Kier molecular flexibility index (Phi) is 11.9. The van der Waals surface area contributed by atoms with Gasteiger partial charge in [-0.2, -0.15) is 0 Å². The van der Waals surface area contributed by atoms with Crippen LogP contribution in [0.15, 0.2) is 77.3 Å². The summed E-state index contributed by atoms with van der Waals surface area (Å²) in [5, 5.41) is 9.61. The first kappa shape index (κ1) is 37.6. The molecular weight excluding hydrogens is 704 g/mol. The second-order valence-corrected chi connectivity index (χ2v) is 15.6. The van der Waals surface area contributed by atoms with Gasteiger partial charge in [0.15, 0.2) is 0 Å². The van der Waals surface area contributed by atoms with Crippen LogP contribution < -0.4 is 4.74 Å². The summed E-state index contributed by atoms with van der Waals surface area (Å²) in [7, 11) is 7.10. The molecule has 8 rings (SSSR count). The van der Waals surface area contributed by atoms with Crippen LogP contribution in [0.5, 0.6) is 17.2 Å². The summed E-state index contributed by atoms with van der Waals surface area (Å²) < 4.78 is 29.9. The zero-order valence-corrected chi connectivity index (χ0v) is 32.8. The summed E-state index contributed by atoms with van der Waals surface area (Å²) in [5.74, 6) is 4.35. The standard InChI is InChI=1S/C22H26O3.C11H13BrO.C11H14O2/c1-13-11-17-15(21(13)23-3)7-5-9-19(17)25-20-10-6-8-16-18(20)12-14(2)22(16)24-4;2*1-7-6-9-8(11(7)13-2)4-3-5-10(9)12/h5-10,13-14,21-22H,11-12H2,1-4H3;3-5,7,11H,6H2,1-2H3;3-5,7,11-12H,6H2,1-2H3. The second-order valence-electron chi connectivity index (χ2n) is 14.8. The predicted molar refractivity (Wildman–Crippen MR) is 206 cm³/mol. The maximum absolute atomic E-state index is 9.61. The highest BCUT2D eigenvalue weighted by Gasteiger charge is 2.35. The van der Waals surface area contributed by atoms with Crippen LogP contribution in [-0.4, -0.2) is 33.5 Å². The number of phenols is 1. The van der Waals surface area contributed by atoms with Gasteiger partial charge in [-0.15, -0.1) is 0 Å². The Bertz CT molecular complexity index is 1690. The van der Waals surface area contributed by atoms with Crippen molar-refractivity contribution < 1.29 is 28.8 Å². The van der Waals surface area contributed by atoms with Crippen LogP contribution in [0.2, 0.25) is 0 Å². The molecule has 0 fully saturated rings. The van der Waals surface area contributed by atoms with E-state index in [-0.39, 0.29) is 24.4 Å². The van der Waals surface area contributed by atoms with E-state index in [1.54, 1.807) is 34.5 Å². The molecule has 0 heterocycles. The van der Waals surface area contributed by atoms with E-state index < -0.39 is 0 Å². The van der Waals surface area contributed by atoms with E-state index in [1.807, 2.05) is 12.1 Å². The van der Waals surface area contributed by atoms with Gasteiger partial charge < -0.3 is 28.8 Å². The summed E-state index contributed by atoms with van der Waals surface area (Å²) in [6.45, 7) is 8.86. The van der Waals surface area contributed by atoms with Crippen LogP contribution in [0.4, 0.5) is 0 Å². The van der Waals surface area contributed by atoms with Crippen LogP contribution in [0.25, 0.3) is 0 Å². The minimum Gasteiger partial charge on any atom is -0.508 e. The van der Waals surface area contributed by atoms with Crippen LogP contribution in [-0.2, 0) is 44.6 Å². The highest BCUT2D eigenvalue weighted by molar-refractivity contribution is 9.10. The molecule has 4 aliphatic carbocycles. The molecule has 8 unspecified atom stereocenters. The fourth-order valence-corrected chi connectivity index (χ4v) is 9.51. The van der Waals surface area contributed by atoms with E-state index in [9.17, 15) is 5.11 Å². The number of methoxy groups -OCH3 is 4. The smallest absolute Gasteiger partial charge is 0.131 e. The fraction of sp³-hybridized carbons (Fsp3) is 0.455. The minimum atomic E-state index is 0.155. The Labute approximate surface area is 312 Å². The van der Waals surface area contributed by atoms with E-state index in [0.717, 1.165) is 48.3 Å². The van der Waals surface area contributed by atoms with Crippen molar-refractivity contribution in [2.75, 3.05) is 28.4 Å². The molecule has 0 bridgehead atoms. The van der Waals surface area contributed by atoms with Gasteiger partial charge in [0.2, 0.25) is 0 Å². The molecule has 4 aromatic rings. The maximum Gasteiger partial charge on any atom is 0.131 e. The fourth-order valence-electron chi connectivity index (χ4n) is 8.96. The van der Waals surface area contributed by atoms with Gasteiger partial charge in [0.1, 0.15) is 17.2 Å². The normalized spacial score (nSPS) is 26.6. The Balaban J connectivity index is 0.000000145. The van der Waals surface area contributed by atoms with Gasteiger partial charge in [-0.1, -0.05) is 92.2 Å². The lowest BCUT2D eigenvalue weighted by molar-refractivity contribution is 0.0695. The number of hydrogen-bond donors (Lipinski definition) is 1. The van der Waals surface area contributed by atoms with Crippen molar-refractivity contribution in [1.29, 1.82) is 0 Å². The van der Waals surface area contributed by atoms with Gasteiger partial charge in [-0.05, 0) is 101 Å². The van der Waals surface area contributed by atoms with Gasteiger partial charge in [0, 0.05) is 49.6 Å². The Morgan fingerprint density at radius 1 is 0.471 bits per heavy atom. The number of hydrogen-bond acceptors (Lipinski definition) is 6. The average molecular weight is 758 g/mol. The van der Waals surface area contributed by atoms with Crippen LogP contribution in [0.1, 0.15) is 96.6 Å². The molecule has 8 atom stereocenters. The van der Waals surface area contributed by atoms with Gasteiger partial charge in [-0.25, -0.2) is 0 Å². The summed E-state index contributed by atoms with van der Waals surface area (Å²) >= 11 is 3.58. The van der Waals surface area contributed by atoms with Crippen molar-refractivity contribution in [3.8, 4) is 17.2 Å². The topological polar surface area (TPSA) is 66.4 Å². The number of halogens is 1. The Morgan fingerprint density at radius 2 is 0.804 bits per heavy atom. The summed E-state index contributed by atoms with van der Waals surface area (Å²) in [5.41, 5.74) is 10.1. The quantitative estimate of drug-likeness (QED) is 0.211. The first-order chi connectivity index (χ1) is 24.6. The monoisotopic (exact) mass is 756 g/mol. The molecule has 0 spiro atoms. The van der Waals surface area contributed by atoms with Crippen LogP contribution in [0.3, 0.4) is 0 Å². The van der Waals surface area contributed by atoms with Gasteiger partial charge in [0.25, 0.3) is 0 Å². The number of aromatic hydroxyl groups is 1. The van der Waals surface area contributed by atoms with E-state index in [4.69, 9.17) is 23.7 Å². The van der Waals surface area contributed by atoms with Crippen LogP contribution >= 0.6 is 15.9 Å². The first-order valence-electron chi connectivity index (χ1n) is 18.2. The third kappa shape index (κ3) is 7.38. The molecule has 7 heteroatoms. The molecule has 0 amide bonds. The second kappa shape index (κ2) is 16.2. The molecule has 0 aliphatic heterocycles. The Hall–Kier alpha value is -3.20. The van der Waals surface area contributed by atoms with Crippen molar-refractivity contribution in [3.05, 3.63) is 122 Å². The third-order valence-electron chi connectivity index (χ3n) is 11.3. The lowest BCUT2D eigenvalue weighted by Gasteiger charge is -2.16. The average Bonchev–Trinajstić information content (AvgIpc) is 3.84. The van der Waals surface area contributed by atoms with Crippen molar-refractivity contribution >= 4 is 15.9 Å². The zero-order valence-electron chi connectivity index (χ0n) is 31.2. The highest BCUT2D eigenvalue weighted by atomic mass is 79.9. The SMILES string of the molecule is COC1c2cccc(Br)c2CC1C.COC1c2cccc(O)c2CC1C.COC1c2cccc(Oc3cccc4c3CC(C)C4OC)c2CC1C. The van der Waals surface area contributed by atoms with E-state index in [1.165, 1.54) is 37.9 Å². The minimum absolute atomic E-state index is 0.155. The molecule has 272 valence electrons. The van der Waals surface area contributed by atoms with Crippen molar-refractivity contribution in [1.82, 2.24) is 0 Å². The Morgan fingerprint density at radius 3 is 1.24 bits per heavy atom. The third-order valence-corrected chi connectivity index (χ3v) is 12.1. The van der Waals surface area contributed by atoms with Gasteiger partial charge >= 0.3 is 0 Å². The number of benzene rings is 4. The molecule has 51 heavy (non-hydrogen) atoms. The lowest BCUT2D eigenvalue weighted by atomic mass is 10.1. The molecular formula is C44H53BrO6. The molecule has 4 aliphatic rings.